The average Bonchev–Trinajstić information content (AvgIpc) is 2.28. The van der Waals surface area contributed by atoms with Crippen molar-refractivity contribution >= 4 is 5.69 Å². The highest BCUT2D eigenvalue weighted by atomic mass is 19.1. The van der Waals surface area contributed by atoms with Gasteiger partial charge in [-0.1, -0.05) is 0 Å². The van der Waals surface area contributed by atoms with Crippen molar-refractivity contribution in [3.05, 3.63) is 39.7 Å². The van der Waals surface area contributed by atoms with E-state index < -0.39 is 10.7 Å². The van der Waals surface area contributed by atoms with Crippen molar-refractivity contribution in [3.63, 3.8) is 0 Å². The van der Waals surface area contributed by atoms with Crippen molar-refractivity contribution in [1.29, 1.82) is 0 Å². The third-order valence-corrected chi connectivity index (χ3v) is 2.23. The summed E-state index contributed by atoms with van der Waals surface area (Å²) in [6.45, 7) is 0.913. The highest BCUT2D eigenvalue weighted by molar-refractivity contribution is 5.40. The Morgan fingerprint density at radius 3 is 2.94 bits per heavy atom. The van der Waals surface area contributed by atoms with Gasteiger partial charge >= 0.3 is 0 Å². The van der Waals surface area contributed by atoms with Gasteiger partial charge in [0.1, 0.15) is 5.82 Å². The van der Waals surface area contributed by atoms with Crippen molar-refractivity contribution in [2.45, 2.75) is 19.4 Å². The summed E-state index contributed by atoms with van der Waals surface area (Å²) in [4.78, 5) is 10.2. The normalized spacial score (nSPS) is 9.88. The molecule has 0 aromatic heterocycles. The number of unbranched alkanes of at least 4 members (excludes halogenated alkanes) is 1. The van der Waals surface area contributed by atoms with E-state index in [-0.39, 0.29) is 12.2 Å². The Morgan fingerprint density at radius 1 is 1.53 bits per heavy atom. The summed E-state index contributed by atoms with van der Waals surface area (Å²) >= 11 is 0. The van der Waals surface area contributed by atoms with Crippen molar-refractivity contribution < 1.29 is 9.31 Å². The maximum atomic E-state index is 13.0. The number of nitro groups is 1. The Balaban J connectivity index is 2.60. The van der Waals surface area contributed by atoms with Gasteiger partial charge in [-0.3, -0.25) is 10.1 Å². The zero-order chi connectivity index (χ0) is 12.7. The lowest BCUT2D eigenvalue weighted by Crippen LogP contribution is -2.15. The van der Waals surface area contributed by atoms with E-state index in [0.717, 1.165) is 12.5 Å². The molecule has 0 saturated heterocycles. The molecule has 0 aliphatic heterocycles. The topological polar surface area (TPSA) is 55.2 Å². The molecular formula is C12H13FN2O2. The molecular weight excluding hydrogens is 223 g/mol. The molecule has 4 nitrogen and oxygen atoms in total. The largest absolute Gasteiger partial charge is 0.312 e. The van der Waals surface area contributed by atoms with Gasteiger partial charge in [-0.15, -0.1) is 12.3 Å². The SMILES string of the molecule is C#CCCCNCc1cc(F)ccc1[N+](=O)[O-]. The third kappa shape index (κ3) is 4.21. The van der Waals surface area contributed by atoms with Crippen molar-refractivity contribution in [3.8, 4) is 12.3 Å². The number of terminal acetylenes is 1. The number of nitro benzene ring substituents is 1. The molecule has 1 aromatic rings. The molecule has 0 radical (unpaired) electrons. The molecule has 1 aromatic carbocycles. The van der Waals surface area contributed by atoms with Gasteiger partial charge in [0.05, 0.1) is 4.92 Å². The number of halogens is 1. The first-order chi connectivity index (χ1) is 8.15. The average molecular weight is 236 g/mol. The van der Waals surface area contributed by atoms with Crippen LogP contribution in [0.2, 0.25) is 0 Å². The van der Waals surface area contributed by atoms with E-state index in [2.05, 4.69) is 11.2 Å². The minimum absolute atomic E-state index is 0.0733. The van der Waals surface area contributed by atoms with E-state index >= 15 is 0 Å². The maximum Gasteiger partial charge on any atom is 0.274 e. The first-order valence-electron chi connectivity index (χ1n) is 5.22. The van der Waals surface area contributed by atoms with Crippen LogP contribution in [0.4, 0.5) is 10.1 Å². The van der Waals surface area contributed by atoms with Crippen LogP contribution in [0.3, 0.4) is 0 Å². The fourth-order valence-corrected chi connectivity index (χ4v) is 1.41. The lowest BCUT2D eigenvalue weighted by molar-refractivity contribution is -0.385. The molecule has 17 heavy (non-hydrogen) atoms. The van der Waals surface area contributed by atoms with E-state index in [1.165, 1.54) is 12.1 Å². The number of rotatable bonds is 6. The molecule has 0 aliphatic rings. The smallest absolute Gasteiger partial charge is 0.274 e. The molecule has 0 atom stereocenters. The first-order valence-corrected chi connectivity index (χ1v) is 5.22. The van der Waals surface area contributed by atoms with E-state index in [1.807, 2.05) is 0 Å². The van der Waals surface area contributed by atoms with Crippen LogP contribution in [0.5, 0.6) is 0 Å². The van der Waals surface area contributed by atoms with Crippen LogP contribution in [0.25, 0.3) is 0 Å². The molecule has 0 unspecified atom stereocenters. The molecule has 5 heteroatoms. The van der Waals surface area contributed by atoms with Gasteiger partial charge in [-0.05, 0) is 25.1 Å². The zero-order valence-corrected chi connectivity index (χ0v) is 9.28. The molecule has 90 valence electrons. The second-order valence-electron chi connectivity index (χ2n) is 3.51. The Hall–Kier alpha value is -1.93. The molecule has 0 heterocycles. The van der Waals surface area contributed by atoms with E-state index in [1.54, 1.807) is 0 Å². The highest BCUT2D eigenvalue weighted by Gasteiger charge is 2.13. The van der Waals surface area contributed by atoms with E-state index in [4.69, 9.17) is 6.42 Å². The number of benzene rings is 1. The fraction of sp³-hybridized carbons (Fsp3) is 0.333. The summed E-state index contributed by atoms with van der Waals surface area (Å²) < 4.78 is 13.0. The summed E-state index contributed by atoms with van der Waals surface area (Å²) in [5, 5.41) is 13.7. The number of hydrogen-bond acceptors (Lipinski definition) is 3. The number of nitrogens with one attached hydrogen (secondary N) is 1. The molecule has 1 N–H and O–H groups in total. The van der Waals surface area contributed by atoms with Gasteiger partial charge in [-0.25, -0.2) is 4.39 Å². The number of nitrogens with zero attached hydrogens (tertiary/aromatic N) is 1. The second kappa shape index (κ2) is 6.61. The van der Waals surface area contributed by atoms with Gasteiger partial charge in [0.2, 0.25) is 0 Å². The Morgan fingerprint density at radius 2 is 2.29 bits per heavy atom. The van der Waals surface area contributed by atoms with Gasteiger partial charge in [-0.2, -0.15) is 0 Å². The lowest BCUT2D eigenvalue weighted by Gasteiger charge is -2.04. The maximum absolute atomic E-state index is 13.0. The summed E-state index contributed by atoms with van der Waals surface area (Å²) in [6.07, 6.45) is 6.53. The molecule has 0 fully saturated rings. The van der Waals surface area contributed by atoms with Gasteiger partial charge < -0.3 is 5.32 Å². The highest BCUT2D eigenvalue weighted by Crippen LogP contribution is 2.19. The minimum Gasteiger partial charge on any atom is -0.312 e. The van der Waals surface area contributed by atoms with Crippen LogP contribution in [0.1, 0.15) is 18.4 Å². The lowest BCUT2D eigenvalue weighted by atomic mass is 10.1. The standard InChI is InChI=1S/C12H13FN2O2/c1-2-3-4-7-14-9-10-8-11(13)5-6-12(10)15(16)17/h1,5-6,8,14H,3-4,7,9H2. The molecule has 0 saturated carbocycles. The van der Waals surface area contributed by atoms with Crippen LogP contribution >= 0.6 is 0 Å². The quantitative estimate of drug-likeness (QED) is 0.356. The van der Waals surface area contributed by atoms with Gasteiger partial charge in [0.25, 0.3) is 5.69 Å². The van der Waals surface area contributed by atoms with Gasteiger partial charge in [0, 0.05) is 24.6 Å². The minimum atomic E-state index is -0.516. The Labute approximate surface area is 99.0 Å². The van der Waals surface area contributed by atoms with Crippen LogP contribution in [-0.2, 0) is 6.54 Å². The molecule has 0 aliphatic carbocycles. The van der Waals surface area contributed by atoms with E-state index in [0.29, 0.717) is 18.5 Å². The first kappa shape index (κ1) is 13.1. The van der Waals surface area contributed by atoms with Crippen LogP contribution in [0, 0.1) is 28.3 Å². The Kier molecular flexibility index (Phi) is 5.11. The zero-order valence-electron chi connectivity index (χ0n) is 9.28. The third-order valence-electron chi connectivity index (χ3n) is 2.23. The van der Waals surface area contributed by atoms with Crippen LogP contribution in [-0.4, -0.2) is 11.5 Å². The van der Waals surface area contributed by atoms with Crippen molar-refractivity contribution in [1.82, 2.24) is 5.32 Å². The van der Waals surface area contributed by atoms with Crippen LogP contribution < -0.4 is 5.32 Å². The second-order valence-corrected chi connectivity index (χ2v) is 3.51. The van der Waals surface area contributed by atoms with Crippen molar-refractivity contribution in [2.75, 3.05) is 6.54 Å². The molecule has 1 rings (SSSR count). The van der Waals surface area contributed by atoms with E-state index in [9.17, 15) is 14.5 Å². The molecule has 0 amide bonds. The van der Waals surface area contributed by atoms with Crippen molar-refractivity contribution in [2.24, 2.45) is 0 Å². The number of hydrogen-bond donors (Lipinski definition) is 1. The fourth-order valence-electron chi connectivity index (χ4n) is 1.41. The molecule has 0 spiro atoms. The summed E-state index contributed by atoms with van der Waals surface area (Å²) in [7, 11) is 0. The summed E-state index contributed by atoms with van der Waals surface area (Å²) in [5.41, 5.74) is 0.270. The summed E-state index contributed by atoms with van der Waals surface area (Å²) in [6, 6.07) is 3.43. The van der Waals surface area contributed by atoms with Gasteiger partial charge in [0.15, 0.2) is 0 Å². The monoisotopic (exact) mass is 236 g/mol. The summed E-state index contributed by atoms with van der Waals surface area (Å²) in [5.74, 6) is 2.02. The molecule has 0 bridgehead atoms. The predicted molar refractivity (Wildman–Crippen MR) is 62.8 cm³/mol. The predicted octanol–water partition coefficient (Wildman–Crippen LogP) is 2.24. The Bertz CT molecular complexity index is 441. The van der Waals surface area contributed by atoms with Crippen LogP contribution in [0.15, 0.2) is 18.2 Å².